The Hall–Kier alpha value is -1.42. The van der Waals surface area contributed by atoms with Crippen LogP contribution in [0.3, 0.4) is 0 Å². The summed E-state index contributed by atoms with van der Waals surface area (Å²) in [6, 6.07) is 4.19. The minimum Gasteiger partial charge on any atom is -0.393 e. The summed E-state index contributed by atoms with van der Waals surface area (Å²) in [4.78, 5) is 22.1. The van der Waals surface area contributed by atoms with Gasteiger partial charge in [-0.3, -0.25) is 9.59 Å². The fraction of sp³-hybridized carbons (Fsp3) is 0.273. The SMILES string of the molecule is O=C1CC(c2ccc(Cl)cc2F)CC(=O)O1. The zero-order valence-electron chi connectivity index (χ0n) is 8.20. The Morgan fingerprint density at radius 1 is 1.25 bits per heavy atom. The average molecular weight is 243 g/mol. The maximum Gasteiger partial charge on any atom is 0.314 e. The first-order valence-corrected chi connectivity index (χ1v) is 5.12. The third kappa shape index (κ3) is 2.22. The van der Waals surface area contributed by atoms with Crippen molar-refractivity contribution in [1.82, 2.24) is 0 Å². The molecule has 0 aromatic heterocycles. The van der Waals surface area contributed by atoms with E-state index in [0.717, 1.165) is 0 Å². The summed E-state index contributed by atoms with van der Waals surface area (Å²) < 4.78 is 17.9. The van der Waals surface area contributed by atoms with E-state index in [1.807, 2.05) is 0 Å². The van der Waals surface area contributed by atoms with E-state index in [9.17, 15) is 14.0 Å². The van der Waals surface area contributed by atoms with E-state index in [0.29, 0.717) is 5.56 Å². The second-order valence-corrected chi connectivity index (χ2v) is 4.05. The number of carbonyl (C=O) groups excluding carboxylic acids is 2. The predicted molar refractivity (Wildman–Crippen MR) is 54.5 cm³/mol. The normalized spacial score (nSPS) is 17.4. The molecule has 3 nitrogen and oxygen atoms in total. The smallest absolute Gasteiger partial charge is 0.314 e. The van der Waals surface area contributed by atoms with Crippen LogP contribution in [-0.2, 0) is 14.3 Å². The van der Waals surface area contributed by atoms with Crippen LogP contribution in [-0.4, -0.2) is 11.9 Å². The molecular formula is C11H8ClFO3. The van der Waals surface area contributed by atoms with E-state index >= 15 is 0 Å². The van der Waals surface area contributed by atoms with Crippen molar-refractivity contribution >= 4 is 23.5 Å². The quantitative estimate of drug-likeness (QED) is 0.561. The van der Waals surface area contributed by atoms with E-state index in [4.69, 9.17) is 11.6 Å². The summed E-state index contributed by atoms with van der Waals surface area (Å²) in [5, 5.41) is 0.283. The molecule has 0 bridgehead atoms. The summed E-state index contributed by atoms with van der Waals surface area (Å²) in [6.07, 6.45) is 0.0363. The van der Waals surface area contributed by atoms with Crippen LogP contribution in [0, 0.1) is 5.82 Å². The Labute approximate surface area is 96.2 Å². The lowest BCUT2D eigenvalue weighted by atomic mass is 9.91. The summed E-state index contributed by atoms with van der Waals surface area (Å²) in [5.41, 5.74) is 0.328. The van der Waals surface area contributed by atoms with Crippen molar-refractivity contribution in [1.29, 1.82) is 0 Å². The van der Waals surface area contributed by atoms with Gasteiger partial charge in [-0.15, -0.1) is 0 Å². The summed E-state index contributed by atoms with van der Waals surface area (Å²) in [6.45, 7) is 0. The van der Waals surface area contributed by atoms with Crippen LogP contribution in [0.4, 0.5) is 4.39 Å². The molecule has 1 aliphatic rings. The molecular weight excluding hydrogens is 235 g/mol. The third-order valence-corrected chi connectivity index (χ3v) is 2.69. The third-order valence-electron chi connectivity index (χ3n) is 2.46. The number of rotatable bonds is 1. The van der Waals surface area contributed by atoms with Gasteiger partial charge >= 0.3 is 11.9 Å². The lowest BCUT2D eigenvalue weighted by Gasteiger charge is -2.20. The Morgan fingerprint density at radius 3 is 2.44 bits per heavy atom. The molecule has 0 spiro atoms. The van der Waals surface area contributed by atoms with Crippen LogP contribution in [0.5, 0.6) is 0 Å². The lowest BCUT2D eigenvalue weighted by molar-refractivity contribution is -0.163. The molecule has 0 N–H and O–H groups in total. The second kappa shape index (κ2) is 4.22. The van der Waals surface area contributed by atoms with Crippen LogP contribution in [0.25, 0.3) is 0 Å². The molecule has 2 rings (SSSR count). The van der Waals surface area contributed by atoms with Gasteiger partial charge in [0, 0.05) is 10.9 Å². The first-order chi connectivity index (χ1) is 7.56. The van der Waals surface area contributed by atoms with Crippen molar-refractivity contribution in [2.45, 2.75) is 18.8 Å². The molecule has 1 aromatic rings. The number of hydrogen-bond acceptors (Lipinski definition) is 3. The number of halogens is 2. The van der Waals surface area contributed by atoms with Crippen LogP contribution >= 0.6 is 11.6 Å². The van der Waals surface area contributed by atoms with Gasteiger partial charge in [-0.05, 0) is 17.7 Å². The zero-order chi connectivity index (χ0) is 11.7. The van der Waals surface area contributed by atoms with E-state index in [1.165, 1.54) is 18.2 Å². The molecule has 0 saturated carbocycles. The standard InChI is InChI=1S/C11H8ClFO3/c12-7-1-2-8(9(13)5-7)6-3-10(14)16-11(15)4-6/h1-2,5-6H,3-4H2. The maximum atomic E-state index is 13.5. The Bertz CT molecular complexity index is 443. The van der Waals surface area contributed by atoms with Gasteiger partial charge in [0.05, 0.1) is 12.8 Å². The van der Waals surface area contributed by atoms with Crippen molar-refractivity contribution in [2.24, 2.45) is 0 Å². The van der Waals surface area contributed by atoms with Crippen LogP contribution in [0.2, 0.25) is 5.02 Å². The Morgan fingerprint density at radius 2 is 1.88 bits per heavy atom. The largest absolute Gasteiger partial charge is 0.393 e. The summed E-state index contributed by atoms with van der Waals surface area (Å²) >= 11 is 5.61. The van der Waals surface area contributed by atoms with E-state index in [-0.39, 0.29) is 17.9 Å². The van der Waals surface area contributed by atoms with Crippen molar-refractivity contribution in [3.63, 3.8) is 0 Å². The van der Waals surface area contributed by atoms with Crippen molar-refractivity contribution in [2.75, 3.05) is 0 Å². The van der Waals surface area contributed by atoms with Gasteiger partial charge in [-0.2, -0.15) is 0 Å². The monoisotopic (exact) mass is 242 g/mol. The highest BCUT2D eigenvalue weighted by atomic mass is 35.5. The number of benzene rings is 1. The van der Waals surface area contributed by atoms with E-state index < -0.39 is 23.7 Å². The number of carbonyl (C=O) groups is 2. The van der Waals surface area contributed by atoms with Gasteiger partial charge in [-0.25, -0.2) is 4.39 Å². The minimum absolute atomic E-state index is 0.0181. The Kier molecular flexibility index (Phi) is 2.92. The molecule has 1 aromatic carbocycles. The zero-order valence-corrected chi connectivity index (χ0v) is 8.96. The molecule has 16 heavy (non-hydrogen) atoms. The number of hydrogen-bond donors (Lipinski definition) is 0. The average Bonchev–Trinajstić information content (AvgIpc) is 2.15. The summed E-state index contributed by atoms with van der Waals surface area (Å²) in [7, 11) is 0. The van der Waals surface area contributed by atoms with E-state index in [1.54, 1.807) is 0 Å². The molecule has 84 valence electrons. The molecule has 0 amide bonds. The van der Waals surface area contributed by atoms with Crippen molar-refractivity contribution in [3.05, 3.63) is 34.6 Å². The molecule has 0 radical (unpaired) electrons. The number of ether oxygens (including phenoxy) is 1. The Balaban J connectivity index is 2.29. The minimum atomic E-state index is -0.615. The van der Waals surface area contributed by atoms with Crippen molar-refractivity contribution < 1.29 is 18.7 Å². The molecule has 1 fully saturated rings. The van der Waals surface area contributed by atoms with Gasteiger partial charge in [0.1, 0.15) is 5.82 Å². The van der Waals surface area contributed by atoms with E-state index in [2.05, 4.69) is 4.74 Å². The molecule has 1 saturated heterocycles. The maximum absolute atomic E-state index is 13.5. The molecule has 1 aliphatic heterocycles. The molecule has 5 heteroatoms. The first-order valence-electron chi connectivity index (χ1n) is 4.74. The number of esters is 2. The molecule has 0 atom stereocenters. The van der Waals surface area contributed by atoms with Gasteiger partial charge in [0.25, 0.3) is 0 Å². The highest BCUT2D eigenvalue weighted by molar-refractivity contribution is 6.30. The molecule has 1 heterocycles. The highest BCUT2D eigenvalue weighted by Gasteiger charge is 2.29. The van der Waals surface area contributed by atoms with Gasteiger partial charge in [0.15, 0.2) is 0 Å². The molecule has 0 aliphatic carbocycles. The van der Waals surface area contributed by atoms with Gasteiger partial charge in [0.2, 0.25) is 0 Å². The van der Waals surface area contributed by atoms with Crippen molar-refractivity contribution in [3.8, 4) is 0 Å². The molecule has 0 unspecified atom stereocenters. The fourth-order valence-corrected chi connectivity index (χ4v) is 1.90. The first kappa shape index (κ1) is 11.1. The predicted octanol–water partition coefficient (Wildman–Crippen LogP) is 2.43. The second-order valence-electron chi connectivity index (χ2n) is 3.62. The fourth-order valence-electron chi connectivity index (χ4n) is 1.74. The highest BCUT2D eigenvalue weighted by Crippen LogP contribution is 2.31. The lowest BCUT2D eigenvalue weighted by Crippen LogP contribution is -2.24. The topological polar surface area (TPSA) is 43.4 Å². The van der Waals surface area contributed by atoms with Gasteiger partial charge < -0.3 is 4.74 Å². The summed E-state index contributed by atoms with van der Waals surface area (Å²) in [5.74, 6) is -2.18. The van der Waals surface area contributed by atoms with Crippen LogP contribution < -0.4 is 0 Å². The van der Waals surface area contributed by atoms with Crippen LogP contribution in [0.1, 0.15) is 24.3 Å². The van der Waals surface area contributed by atoms with Crippen LogP contribution in [0.15, 0.2) is 18.2 Å². The number of cyclic esters (lactones) is 2. The van der Waals surface area contributed by atoms with Gasteiger partial charge in [-0.1, -0.05) is 17.7 Å².